The highest BCUT2D eigenvalue weighted by atomic mass is 32.2. The van der Waals surface area contributed by atoms with Crippen molar-refractivity contribution in [1.82, 2.24) is 0 Å². The van der Waals surface area contributed by atoms with Gasteiger partial charge in [0, 0.05) is 6.61 Å². The van der Waals surface area contributed by atoms with Crippen LogP contribution in [-0.2, 0) is 16.3 Å². The van der Waals surface area contributed by atoms with Crippen molar-refractivity contribution in [3.63, 3.8) is 0 Å². The van der Waals surface area contributed by atoms with E-state index in [0.717, 1.165) is 12.0 Å². The molecule has 1 unspecified atom stereocenters. The number of rotatable bonds is 7. The van der Waals surface area contributed by atoms with Crippen molar-refractivity contribution in [2.75, 3.05) is 12.4 Å². The van der Waals surface area contributed by atoms with Crippen LogP contribution in [-0.4, -0.2) is 31.1 Å². The first-order valence-electron chi connectivity index (χ1n) is 6.32. The van der Waals surface area contributed by atoms with Gasteiger partial charge in [0.05, 0.1) is 11.0 Å². The van der Waals surface area contributed by atoms with Crippen molar-refractivity contribution in [2.45, 2.75) is 31.9 Å². The summed E-state index contributed by atoms with van der Waals surface area (Å²) in [5.41, 5.74) is 1.14. The van der Waals surface area contributed by atoms with E-state index in [1.165, 1.54) is 0 Å². The molecule has 1 rings (SSSR count). The van der Waals surface area contributed by atoms with Crippen LogP contribution >= 0.6 is 0 Å². The van der Waals surface area contributed by atoms with Gasteiger partial charge in [-0.15, -0.1) is 0 Å². The second-order valence-corrected chi connectivity index (χ2v) is 7.62. The van der Waals surface area contributed by atoms with Crippen molar-refractivity contribution < 1.29 is 13.5 Å². The molecule has 1 atom stereocenters. The molecule has 0 aromatic heterocycles. The first-order chi connectivity index (χ1) is 8.45. The van der Waals surface area contributed by atoms with Crippen molar-refractivity contribution in [2.24, 2.45) is 5.92 Å². The fourth-order valence-corrected chi connectivity index (χ4v) is 2.91. The first kappa shape index (κ1) is 15.2. The van der Waals surface area contributed by atoms with Gasteiger partial charge in [0.15, 0.2) is 9.84 Å². The Labute approximate surface area is 110 Å². The molecule has 0 radical (unpaired) electrons. The van der Waals surface area contributed by atoms with E-state index >= 15 is 0 Å². The Morgan fingerprint density at radius 1 is 1.17 bits per heavy atom. The molecule has 1 aromatic carbocycles. The Bertz CT molecular complexity index is 437. The van der Waals surface area contributed by atoms with Crippen LogP contribution in [0.2, 0.25) is 0 Å². The van der Waals surface area contributed by atoms with Crippen molar-refractivity contribution in [1.29, 1.82) is 0 Å². The lowest BCUT2D eigenvalue weighted by Crippen LogP contribution is -2.21. The highest BCUT2D eigenvalue weighted by Crippen LogP contribution is 2.14. The number of sulfone groups is 1. The molecule has 0 heterocycles. The zero-order valence-corrected chi connectivity index (χ0v) is 11.9. The molecule has 0 aliphatic heterocycles. The summed E-state index contributed by atoms with van der Waals surface area (Å²) >= 11 is 0. The smallest absolute Gasteiger partial charge is 0.152 e. The van der Waals surface area contributed by atoms with Crippen molar-refractivity contribution in [3.8, 4) is 0 Å². The molecule has 0 aliphatic rings. The van der Waals surface area contributed by atoms with Crippen molar-refractivity contribution >= 4 is 9.84 Å². The summed E-state index contributed by atoms with van der Waals surface area (Å²) in [6, 6.07) is 9.85. The fourth-order valence-electron chi connectivity index (χ4n) is 1.77. The van der Waals surface area contributed by atoms with Crippen LogP contribution < -0.4 is 0 Å². The molecular weight excluding hydrogens is 248 g/mol. The van der Waals surface area contributed by atoms with Crippen LogP contribution in [0.4, 0.5) is 0 Å². The number of hydrogen-bond acceptors (Lipinski definition) is 3. The lowest BCUT2D eigenvalue weighted by Gasteiger charge is -2.15. The van der Waals surface area contributed by atoms with Crippen LogP contribution in [0.25, 0.3) is 0 Å². The molecule has 1 N–H and O–H groups in total. The molecule has 3 nitrogen and oxygen atoms in total. The van der Waals surface area contributed by atoms with Gasteiger partial charge in [-0.3, -0.25) is 0 Å². The maximum absolute atomic E-state index is 11.7. The largest absolute Gasteiger partial charge is 0.396 e. The van der Waals surface area contributed by atoms with Crippen LogP contribution in [0.15, 0.2) is 30.3 Å². The molecule has 0 amide bonds. The highest BCUT2D eigenvalue weighted by molar-refractivity contribution is 7.91. The van der Waals surface area contributed by atoms with Gasteiger partial charge >= 0.3 is 0 Å². The highest BCUT2D eigenvalue weighted by Gasteiger charge is 2.18. The van der Waals surface area contributed by atoms with Gasteiger partial charge < -0.3 is 5.11 Å². The molecule has 0 saturated carbocycles. The zero-order valence-electron chi connectivity index (χ0n) is 11.0. The lowest BCUT2D eigenvalue weighted by atomic mass is 9.98. The Kier molecular flexibility index (Phi) is 5.82. The Morgan fingerprint density at radius 2 is 1.78 bits per heavy atom. The monoisotopic (exact) mass is 270 g/mol. The average molecular weight is 270 g/mol. The molecule has 1 aromatic rings. The minimum absolute atomic E-state index is 0.0147. The second-order valence-electron chi connectivity index (χ2n) is 4.94. The van der Waals surface area contributed by atoms with E-state index in [9.17, 15) is 13.5 Å². The van der Waals surface area contributed by atoms with Gasteiger partial charge in [-0.25, -0.2) is 8.42 Å². The van der Waals surface area contributed by atoms with Gasteiger partial charge in [0.2, 0.25) is 0 Å². The van der Waals surface area contributed by atoms with E-state index < -0.39 is 9.84 Å². The first-order valence-corrected chi connectivity index (χ1v) is 8.03. The third-order valence-electron chi connectivity index (χ3n) is 3.15. The maximum Gasteiger partial charge on any atom is 0.152 e. The van der Waals surface area contributed by atoms with Gasteiger partial charge in [0.25, 0.3) is 0 Å². The predicted molar refractivity (Wildman–Crippen MR) is 74.3 cm³/mol. The van der Waals surface area contributed by atoms with E-state index in [1.807, 2.05) is 30.3 Å². The summed E-state index contributed by atoms with van der Waals surface area (Å²) in [6.07, 6.45) is 1.25. The standard InChI is InChI=1S/C14H22O3S/c1-12(2)18(16,17)9-8-14(11-15)10-13-6-4-3-5-7-13/h3-7,12,14-15H,8-11H2,1-2H3. The van der Waals surface area contributed by atoms with Crippen LogP contribution in [0, 0.1) is 5.92 Å². The SMILES string of the molecule is CC(C)S(=O)(=O)CCC(CO)Cc1ccccc1. The Morgan fingerprint density at radius 3 is 2.28 bits per heavy atom. The van der Waals surface area contributed by atoms with Crippen molar-refractivity contribution in [3.05, 3.63) is 35.9 Å². The van der Waals surface area contributed by atoms with Gasteiger partial charge in [0.1, 0.15) is 0 Å². The number of benzene rings is 1. The van der Waals surface area contributed by atoms with Gasteiger partial charge in [-0.2, -0.15) is 0 Å². The third-order valence-corrected chi connectivity index (χ3v) is 5.40. The lowest BCUT2D eigenvalue weighted by molar-refractivity contribution is 0.222. The van der Waals surface area contributed by atoms with Crippen LogP contribution in [0.5, 0.6) is 0 Å². The summed E-state index contributed by atoms with van der Waals surface area (Å²) in [5.74, 6) is 0.170. The van der Waals surface area contributed by atoms with E-state index in [-0.39, 0.29) is 23.5 Å². The third kappa shape index (κ3) is 4.78. The second kappa shape index (κ2) is 6.90. The minimum atomic E-state index is -3.01. The van der Waals surface area contributed by atoms with E-state index in [1.54, 1.807) is 13.8 Å². The number of aliphatic hydroxyl groups is 1. The molecule has 0 saturated heterocycles. The van der Waals surface area contributed by atoms with E-state index in [0.29, 0.717) is 6.42 Å². The van der Waals surface area contributed by atoms with E-state index in [4.69, 9.17) is 0 Å². The quantitative estimate of drug-likeness (QED) is 0.825. The fraction of sp³-hybridized carbons (Fsp3) is 0.571. The molecular formula is C14H22O3S. The van der Waals surface area contributed by atoms with E-state index in [2.05, 4.69) is 0 Å². The summed E-state index contributed by atoms with van der Waals surface area (Å²) in [5, 5.41) is 8.99. The van der Waals surface area contributed by atoms with Crippen LogP contribution in [0.3, 0.4) is 0 Å². The zero-order chi connectivity index (χ0) is 13.6. The summed E-state index contributed by atoms with van der Waals surface area (Å²) in [6.45, 7) is 3.42. The summed E-state index contributed by atoms with van der Waals surface area (Å²) < 4.78 is 23.4. The molecule has 4 heteroatoms. The average Bonchev–Trinajstić information content (AvgIpc) is 2.35. The molecule has 0 fully saturated rings. The molecule has 102 valence electrons. The van der Waals surface area contributed by atoms with Gasteiger partial charge in [-0.1, -0.05) is 30.3 Å². The topological polar surface area (TPSA) is 54.4 Å². The Balaban J connectivity index is 2.54. The minimum Gasteiger partial charge on any atom is -0.396 e. The summed E-state index contributed by atoms with van der Waals surface area (Å²) in [4.78, 5) is 0. The molecule has 0 spiro atoms. The van der Waals surface area contributed by atoms with Crippen LogP contribution in [0.1, 0.15) is 25.8 Å². The maximum atomic E-state index is 11.7. The number of aliphatic hydroxyl groups excluding tert-OH is 1. The molecule has 0 bridgehead atoms. The molecule has 0 aliphatic carbocycles. The predicted octanol–water partition coefficient (Wildman–Crippen LogP) is 2.05. The molecule has 18 heavy (non-hydrogen) atoms. The van der Waals surface area contributed by atoms with Gasteiger partial charge in [-0.05, 0) is 38.2 Å². The number of hydrogen-bond donors (Lipinski definition) is 1. The normalized spacial score (nSPS) is 13.8. The Hall–Kier alpha value is -0.870. The summed E-state index contributed by atoms with van der Waals surface area (Å²) in [7, 11) is -3.01.